The maximum absolute atomic E-state index is 12.0. The van der Waals surface area contributed by atoms with Gasteiger partial charge in [-0.05, 0) is 18.2 Å². The third-order valence-electron chi connectivity index (χ3n) is 1.59. The normalized spacial score (nSPS) is 11.3. The van der Waals surface area contributed by atoms with E-state index in [9.17, 15) is 18.0 Å². The van der Waals surface area contributed by atoms with E-state index in [0.29, 0.717) is 4.47 Å². The lowest BCUT2D eigenvalue weighted by Gasteiger charge is -2.12. The SMILES string of the molecule is O=C(CCl)c1ccc(Br)cc1OC(F)(F)F. The summed E-state index contributed by atoms with van der Waals surface area (Å²) in [7, 11) is 0. The van der Waals surface area contributed by atoms with E-state index in [0.717, 1.165) is 6.07 Å². The van der Waals surface area contributed by atoms with Crippen LogP contribution in [0, 0.1) is 0 Å². The lowest BCUT2D eigenvalue weighted by atomic mass is 10.1. The van der Waals surface area contributed by atoms with Crippen LogP contribution in [0.1, 0.15) is 10.4 Å². The number of hydrogen-bond donors (Lipinski definition) is 0. The minimum Gasteiger partial charge on any atom is -0.405 e. The van der Waals surface area contributed by atoms with Crippen molar-refractivity contribution in [1.29, 1.82) is 0 Å². The first-order chi connectivity index (χ1) is 7.33. The van der Waals surface area contributed by atoms with Gasteiger partial charge in [-0.3, -0.25) is 4.79 Å². The second-order valence-corrected chi connectivity index (χ2v) is 3.93. The van der Waals surface area contributed by atoms with Gasteiger partial charge in [0.2, 0.25) is 0 Å². The van der Waals surface area contributed by atoms with E-state index in [1.807, 2.05) is 0 Å². The van der Waals surface area contributed by atoms with Crippen molar-refractivity contribution in [3.05, 3.63) is 28.2 Å². The highest BCUT2D eigenvalue weighted by Gasteiger charge is 2.32. The number of hydrogen-bond acceptors (Lipinski definition) is 2. The van der Waals surface area contributed by atoms with Crippen LogP contribution in [0.5, 0.6) is 5.75 Å². The Bertz CT molecular complexity index is 406. The second-order valence-electron chi connectivity index (χ2n) is 2.75. The van der Waals surface area contributed by atoms with Crippen LogP contribution in [-0.2, 0) is 0 Å². The molecule has 7 heteroatoms. The fourth-order valence-corrected chi connectivity index (χ4v) is 1.49. The number of carbonyl (C=O) groups excluding carboxylic acids is 1. The molecule has 0 aliphatic carbocycles. The summed E-state index contributed by atoms with van der Waals surface area (Å²) in [5.74, 6) is -1.60. The van der Waals surface area contributed by atoms with Gasteiger partial charge in [0, 0.05) is 4.47 Å². The molecule has 0 saturated heterocycles. The molecule has 2 nitrogen and oxygen atoms in total. The number of Topliss-reactive ketones (excluding diaryl/α,β-unsaturated/α-hetero) is 1. The van der Waals surface area contributed by atoms with Gasteiger partial charge in [-0.1, -0.05) is 15.9 Å². The monoisotopic (exact) mass is 316 g/mol. The zero-order valence-electron chi connectivity index (χ0n) is 7.65. The van der Waals surface area contributed by atoms with Gasteiger partial charge < -0.3 is 4.74 Å². The van der Waals surface area contributed by atoms with Gasteiger partial charge >= 0.3 is 6.36 Å². The van der Waals surface area contributed by atoms with Crippen molar-refractivity contribution in [2.24, 2.45) is 0 Å². The van der Waals surface area contributed by atoms with Crippen LogP contribution in [0.4, 0.5) is 13.2 Å². The average molecular weight is 317 g/mol. The van der Waals surface area contributed by atoms with Crippen molar-refractivity contribution in [1.82, 2.24) is 0 Å². The van der Waals surface area contributed by atoms with Crippen LogP contribution in [0.25, 0.3) is 0 Å². The molecule has 1 aromatic carbocycles. The molecule has 88 valence electrons. The maximum Gasteiger partial charge on any atom is 0.573 e. The Balaban J connectivity index is 3.13. The predicted molar refractivity (Wildman–Crippen MR) is 55.9 cm³/mol. The van der Waals surface area contributed by atoms with Gasteiger partial charge in [-0.15, -0.1) is 24.8 Å². The van der Waals surface area contributed by atoms with Gasteiger partial charge in [0.1, 0.15) is 5.75 Å². The third-order valence-corrected chi connectivity index (χ3v) is 2.33. The number of ketones is 1. The van der Waals surface area contributed by atoms with Crippen LogP contribution in [0.3, 0.4) is 0 Å². The first kappa shape index (κ1) is 13.3. The van der Waals surface area contributed by atoms with Crippen LogP contribution in [0.2, 0.25) is 0 Å². The zero-order chi connectivity index (χ0) is 12.3. The third kappa shape index (κ3) is 3.68. The first-order valence-electron chi connectivity index (χ1n) is 3.98. The summed E-state index contributed by atoms with van der Waals surface area (Å²) in [5, 5.41) is 0. The largest absolute Gasteiger partial charge is 0.573 e. The van der Waals surface area contributed by atoms with Gasteiger partial charge in [0.15, 0.2) is 5.78 Å². The molecule has 0 amide bonds. The minimum atomic E-state index is -4.85. The Kier molecular flexibility index (Phi) is 4.21. The van der Waals surface area contributed by atoms with Gasteiger partial charge in [-0.25, -0.2) is 0 Å². The molecule has 0 unspecified atom stereocenters. The van der Waals surface area contributed by atoms with Crippen molar-refractivity contribution in [2.75, 3.05) is 5.88 Å². The van der Waals surface area contributed by atoms with E-state index in [1.54, 1.807) is 0 Å². The molecule has 0 aliphatic heterocycles. The molecule has 0 bridgehead atoms. The molecular weight excluding hydrogens is 312 g/mol. The average Bonchev–Trinajstić information content (AvgIpc) is 2.14. The summed E-state index contributed by atoms with van der Waals surface area (Å²) < 4.78 is 40.2. The summed E-state index contributed by atoms with van der Waals surface area (Å²) in [6.07, 6.45) is -4.85. The highest BCUT2D eigenvalue weighted by atomic mass is 79.9. The lowest BCUT2D eigenvalue weighted by molar-refractivity contribution is -0.274. The van der Waals surface area contributed by atoms with Crippen LogP contribution in [0.15, 0.2) is 22.7 Å². The van der Waals surface area contributed by atoms with E-state index in [-0.39, 0.29) is 5.56 Å². The number of carbonyl (C=O) groups is 1. The highest BCUT2D eigenvalue weighted by Crippen LogP contribution is 2.29. The predicted octanol–water partition coefficient (Wildman–Crippen LogP) is 3.77. The van der Waals surface area contributed by atoms with E-state index in [2.05, 4.69) is 20.7 Å². The second kappa shape index (κ2) is 5.05. The summed E-state index contributed by atoms with van der Waals surface area (Å²) in [5.41, 5.74) is -0.199. The Morgan fingerprint density at radius 3 is 2.56 bits per heavy atom. The fourth-order valence-electron chi connectivity index (χ4n) is 1.01. The molecule has 0 atom stereocenters. The summed E-state index contributed by atoms with van der Waals surface area (Å²) in [4.78, 5) is 11.2. The standard InChI is InChI=1S/C9H5BrClF3O2/c10-5-1-2-6(7(15)4-11)8(3-5)16-9(12,13)14/h1-3H,4H2. The molecule has 0 radical (unpaired) electrons. The molecule has 0 N–H and O–H groups in total. The quantitative estimate of drug-likeness (QED) is 0.626. The number of halogens is 5. The zero-order valence-corrected chi connectivity index (χ0v) is 9.99. The van der Waals surface area contributed by atoms with Gasteiger partial charge in [0.25, 0.3) is 0 Å². The molecule has 1 rings (SSSR count). The maximum atomic E-state index is 12.0. The molecule has 1 aromatic rings. The van der Waals surface area contributed by atoms with Crippen molar-refractivity contribution in [2.45, 2.75) is 6.36 Å². The van der Waals surface area contributed by atoms with E-state index in [4.69, 9.17) is 11.6 Å². The smallest absolute Gasteiger partial charge is 0.405 e. The molecule has 0 saturated carbocycles. The molecule has 0 spiro atoms. The summed E-state index contributed by atoms with van der Waals surface area (Å²) >= 11 is 8.25. The molecule has 0 aliphatic rings. The van der Waals surface area contributed by atoms with E-state index >= 15 is 0 Å². The Hall–Kier alpha value is -0.750. The Labute approximate surface area is 102 Å². The molecule has 16 heavy (non-hydrogen) atoms. The first-order valence-corrected chi connectivity index (χ1v) is 5.30. The Morgan fingerprint density at radius 2 is 2.06 bits per heavy atom. The molecule has 0 aromatic heterocycles. The topological polar surface area (TPSA) is 26.3 Å². The molecule has 0 heterocycles. The molecule has 0 fully saturated rings. The van der Waals surface area contributed by atoms with Crippen LogP contribution < -0.4 is 4.74 Å². The van der Waals surface area contributed by atoms with Gasteiger partial charge in [0.05, 0.1) is 11.4 Å². The number of rotatable bonds is 3. The van der Waals surface area contributed by atoms with Crippen molar-refractivity contribution in [3.63, 3.8) is 0 Å². The van der Waals surface area contributed by atoms with Crippen molar-refractivity contribution >= 4 is 33.3 Å². The minimum absolute atomic E-state index is 0.199. The Morgan fingerprint density at radius 1 is 1.44 bits per heavy atom. The van der Waals surface area contributed by atoms with Crippen LogP contribution >= 0.6 is 27.5 Å². The van der Waals surface area contributed by atoms with Gasteiger partial charge in [-0.2, -0.15) is 0 Å². The van der Waals surface area contributed by atoms with E-state index < -0.39 is 23.8 Å². The number of alkyl halides is 4. The fraction of sp³-hybridized carbons (Fsp3) is 0.222. The summed E-state index contributed by atoms with van der Waals surface area (Å²) in [6, 6.07) is 3.71. The lowest BCUT2D eigenvalue weighted by Crippen LogP contribution is -2.19. The molecular formula is C9H5BrClF3O2. The van der Waals surface area contributed by atoms with E-state index in [1.165, 1.54) is 12.1 Å². The van der Waals surface area contributed by atoms with Crippen molar-refractivity contribution in [3.8, 4) is 5.75 Å². The number of ether oxygens (including phenoxy) is 1. The summed E-state index contributed by atoms with van der Waals surface area (Å²) in [6.45, 7) is 0. The number of benzene rings is 1. The van der Waals surface area contributed by atoms with Crippen molar-refractivity contribution < 1.29 is 22.7 Å². The highest BCUT2D eigenvalue weighted by molar-refractivity contribution is 9.10. The van der Waals surface area contributed by atoms with Crippen LogP contribution in [-0.4, -0.2) is 18.0 Å².